The summed E-state index contributed by atoms with van der Waals surface area (Å²) in [6.07, 6.45) is 2.29. The van der Waals surface area contributed by atoms with Crippen molar-refractivity contribution in [3.05, 3.63) is 60.7 Å². The molecule has 2 rings (SSSR count). The zero-order valence-corrected chi connectivity index (χ0v) is 12.1. The Balaban J connectivity index is 2.21. The van der Waals surface area contributed by atoms with Crippen LogP contribution in [0.15, 0.2) is 60.7 Å². The molecule has 2 heteroatoms. The van der Waals surface area contributed by atoms with Crippen molar-refractivity contribution in [2.24, 2.45) is 0 Å². The van der Waals surface area contributed by atoms with E-state index in [1.54, 1.807) is 0 Å². The van der Waals surface area contributed by atoms with Crippen molar-refractivity contribution in [1.29, 1.82) is 0 Å². The Bertz CT molecular complexity index is 468. The van der Waals surface area contributed by atoms with Gasteiger partial charge in [0.25, 0.3) is 0 Å². The van der Waals surface area contributed by atoms with Crippen LogP contribution in [0.1, 0.15) is 19.8 Å². The molecule has 0 N–H and O–H groups in total. The third kappa shape index (κ3) is 4.01. The van der Waals surface area contributed by atoms with Crippen LogP contribution in [0, 0.1) is 0 Å². The number of Topliss-reactive ketones (excluding diaryl/α,β-unsaturated/α-hetero) is 1. The van der Waals surface area contributed by atoms with Gasteiger partial charge in [-0.05, 0) is 24.7 Å². The Morgan fingerprint density at radius 3 is 1.79 bits per heavy atom. The molecule has 0 saturated carbocycles. The summed E-state index contributed by atoms with van der Waals surface area (Å²) in [6, 6.07) is 21.1. The Kier molecular flexibility index (Phi) is 5.30. The van der Waals surface area contributed by atoms with Crippen LogP contribution in [-0.2, 0) is 4.79 Å². The van der Waals surface area contributed by atoms with E-state index < -0.39 is 7.92 Å². The van der Waals surface area contributed by atoms with Crippen molar-refractivity contribution >= 4 is 24.3 Å². The molecule has 0 fully saturated rings. The predicted molar refractivity (Wildman–Crippen MR) is 83.9 cm³/mol. The van der Waals surface area contributed by atoms with E-state index in [1.807, 2.05) is 19.1 Å². The SMILES string of the molecule is CCC(=O)CCP(c1ccccc1)c1ccccc1. The summed E-state index contributed by atoms with van der Waals surface area (Å²) in [4.78, 5) is 11.6. The Morgan fingerprint density at radius 2 is 1.37 bits per heavy atom. The maximum atomic E-state index is 11.6. The molecule has 0 aliphatic carbocycles. The monoisotopic (exact) mass is 270 g/mol. The second kappa shape index (κ2) is 7.21. The van der Waals surface area contributed by atoms with Gasteiger partial charge in [0.2, 0.25) is 0 Å². The highest BCUT2D eigenvalue weighted by Crippen LogP contribution is 2.34. The largest absolute Gasteiger partial charge is 0.300 e. The second-order valence-corrected chi connectivity index (χ2v) is 6.80. The quantitative estimate of drug-likeness (QED) is 0.734. The van der Waals surface area contributed by atoms with Gasteiger partial charge in [-0.25, -0.2) is 0 Å². The van der Waals surface area contributed by atoms with E-state index in [0.29, 0.717) is 18.6 Å². The van der Waals surface area contributed by atoms with Gasteiger partial charge in [0, 0.05) is 12.8 Å². The Hall–Kier alpha value is -1.46. The van der Waals surface area contributed by atoms with Crippen molar-refractivity contribution < 1.29 is 4.79 Å². The Morgan fingerprint density at radius 1 is 0.895 bits per heavy atom. The topological polar surface area (TPSA) is 17.1 Å². The predicted octanol–water partition coefficient (Wildman–Crippen LogP) is 3.49. The van der Waals surface area contributed by atoms with Crippen LogP contribution in [0.5, 0.6) is 0 Å². The minimum absolute atomic E-state index is 0.361. The fraction of sp³-hybridized carbons (Fsp3) is 0.235. The molecule has 0 amide bonds. The average molecular weight is 270 g/mol. The third-order valence-electron chi connectivity index (χ3n) is 3.14. The zero-order chi connectivity index (χ0) is 13.5. The number of hydrogen-bond donors (Lipinski definition) is 0. The van der Waals surface area contributed by atoms with Crippen molar-refractivity contribution in [3.63, 3.8) is 0 Å². The molecule has 0 heterocycles. The fourth-order valence-corrected chi connectivity index (χ4v) is 4.39. The summed E-state index contributed by atoms with van der Waals surface area (Å²) in [5, 5.41) is 2.71. The molecule has 0 spiro atoms. The summed E-state index contributed by atoms with van der Waals surface area (Å²) in [6.45, 7) is 1.94. The molecule has 0 atom stereocenters. The molecule has 2 aromatic carbocycles. The van der Waals surface area contributed by atoms with Crippen LogP contribution in [0.2, 0.25) is 0 Å². The summed E-state index contributed by atoms with van der Waals surface area (Å²) >= 11 is 0. The van der Waals surface area contributed by atoms with Gasteiger partial charge in [-0.3, -0.25) is 4.79 Å². The van der Waals surface area contributed by atoms with Crippen molar-refractivity contribution in [2.75, 3.05) is 6.16 Å². The lowest BCUT2D eigenvalue weighted by Crippen LogP contribution is -2.15. The molecule has 98 valence electrons. The van der Waals surface area contributed by atoms with E-state index in [-0.39, 0.29) is 0 Å². The Labute approximate surface area is 116 Å². The summed E-state index contributed by atoms with van der Waals surface area (Å²) in [5.74, 6) is 0.361. The number of benzene rings is 2. The lowest BCUT2D eigenvalue weighted by atomic mass is 10.2. The molecule has 0 radical (unpaired) electrons. The molecule has 0 aliphatic rings. The molecule has 2 aromatic rings. The summed E-state index contributed by atoms with van der Waals surface area (Å²) < 4.78 is 0. The lowest BCUT2D eigenvalue weighted by molar-refractivity contribution is -0.118. The fourth-order valence-electron chi connectivity index (χ4n) is 2.04. The molecule has 0 aliphatic heterocycles. The molecular weight excluding hydrogens is 251 g/mol. The first-order valence-corrected chi connectivity index (χ1v) is 8.23. The van der Waals surface area contributed by atoms with Crippen molar-refractivity contribution in [1.82, 2.24) is 0 Å². The van der Waals surface area contributed by atoms with E-state index in [9.17, 15) is 4.79 Å². The summed E-state index contributed by atoms with van der Waals surface area (Å²) in [5.41, 5.74) is 0. The highest BCUT2D eigenvalue weighted by molar-refractivity contribution is 7.73. The minimum Gasteiger partial charge on any atom is -0.300 e. The normalized spacial score (nSPS) is 10.6. The van der Waals surface area contributed by atoms with Gasteiger partial charge in [-0.15, -0.1) is 0 Å². The minimum atomic E-state index is -0.410. The van der Waals surface area contributed by atoms with Gasteiger partial charge in [-0.2, -0.15) is 0 Å². The third-order valence-corrected chi connectivity index (χ3v) is 5.66. The molecule has 0 bridgehead atoms. The number of carbonyl (C=O) groups excluding carboxylic acids is 1. The van der Waals surface area contributed by atoms with E-state index in [0.717, 1.165) is 6.16 Å². The van der Waals surface area contributed by atoms with Crippen LogP contribution in [0.4, 0.5) is 0 Å². The van der Waals surface area contributed by atoms with Gasteiger partial charge >= 0.3 is 0 Å². The molecule has 0 unspecified atom stereocenters. The summed E-state index contributed by atoms with van der Waals surface area (Å²) in [7, 11) is -0.410. The maximum absolute atomic E-state index is 11.6. The van der Waals surface area contributed by atoms with E-state index in [4.69, 9.17) is 0 Å². The maximum Gasteiger partial charge on any atom is 0.133 e. The molecule has 0 saturated heterocycles. The van der Waals surface area contributed by atoms with Crippen LogP contribution >= 0.6 is 7.92 Å². The number of rotatable bonds is 6. The first-order chi connectivity index (χ1) is 9.31. The van der Waals surface area contributed by atoms with E-state index in [1.165, 1.54) is 10.6 Å². The second-order valence-electron chi connectivity index (χ2n) is 4.46. The highest BCUT2D eigenvalue weighted by atomic mass is 31.1. The van der Waals surface area contributed by atoms with Gasteiger partial charge in [0.15, 0.2) is 0 Å². The zero-order valence-electron chi connectivity index (χ0n) is 11.3. The first-order valence-electron chi connectivity index (χ1n) is 6.70. The number of hydrogen-bond acceptors (Lipinski definition) is 1. The molecular formula is C17H19OP. The smallest absolute Gasteiger partial charge is 0.133 e. The van der Waals surface area contributed by atoms with E-state index >= 15 is 0 Å². The first kappa shape index (κ1) is 14.0. The van der Waals surface area contributed by atoms with Gasteiger partial charge in [-0.1, -0.05) is 67.6 Å². The lowest BCUT2D eigenvalue weighted by Gasteiger charge is -2.18. The molecule has 19 heavy (non-hydrogen) atoms. The van der Waals surface area contributed by atoms with Crippen LogP contribution in [-0.4, -0.2) is 11.9 Å². The van der Waals surface area contributed by atoms with Crippen molar-refractivity contribution in [3.8, 4) is 0 Å². The van der Waals surface area contributed by atoms with Crippen LogP contribution in [0.25, 0.3) is 0 Å². The number of ketones is 1. The van der Waals surface area contributed by atoms with Gasteiger partial charge in [0.05, 0.1) is 0 Å². The van der Waals surface area contributed by atoms with Crippen LogP contribution in [0.3, 0.4) is 0 Å². The highest BCUT2D eigenvalue weighted by Gasteiger charge is 2.14. The number of carbonyl (C=O) groups is 1. The van der Waals surface area contributed by atoms with Gasteiger partial charge < -0.3 is 0 Å². The molecule has 1 nitrogen and oxygen atoms in total. The average Bonchev–Trinajstić information content (AvgIpc) is 2.49. The molecule has 0 aromatic heterocycles. The van der Waals surface area contributed by atoms with Gasteiger partial charge in [0.1, 0.15) is 5.78 Å². The standard InChI is InChI=1S/C17H19OP/c1-2-15(18)13-14-19(16-9-5-3-6-10-16)17-11-7-4-8-12-17/h3-12H,2,13-14H2,1H3. The van der Waals surface area contributed by atoms with Crippen molar-refractivity contribution in [2.45, 2.75) is 19.8 Å². The van der Waals surface area contributed by atoms with Crippen LogP contribution < -0.4 is 10.6 Å². The van der Waals surface area contributed by atoms with E-state index in [2.05, 4.69) is 48.5 Å².